The Bertz CT molecular complexity index is 813. The molecule has 0 saturated carbocycles. The van der Waals surface area contributed by atoms with Crippen molar-refractivity contribution in [2.75, 3.05) is 34.4 Å². The van der Waals surface area contributed by atoms with Crippen LogP contribution >= 0.6 is 0 Å². The van der Waals surface area contributed by atoms with Gasteiger partial charge in [-0.3, -0.25) is 4.79 Å². The van der Waals surface area contributed by atoms with E-state index in [0.29, 0.717) is 18.8 Å². The number of benzene rings is 1. The summed E-state index contributed by atoms with van der Waals surface area (Å²) in [4.78, 5) is 30.7. The fourth-order valence-corrected chi connectivity index (χ4v) is 1.64. The highest BCUT2D eigenvalue weighted by Gasteiger charge is 2.32. The molecule has 0 heterocycles. The zero-order chi connectivity index (χ0) is 28.1. The number of carbonyl (C=O) groups is 3. The summed E-state index contributed by atoms with van der Waals surface area (Å²) in [5.74, 6) is -1.14. The van der Waals surface area contributed by atoms with Crippen molar-refractivity contribution in [3.63, 3.8) is 0 Å². The average Bonchev–Trinajstić information content (AvgIpc) is 2.79. The maximum absolute atomic E-state index is 11.2. The zero-order valence-corrected chi connectivity index (χ0v) is 23.8. The third-order valence-electron chi connectivity index (χ3n) is 4.80. The molecule has 1 rings (SSSR count). The number of carbonyl (C=O) groups excluding carboxylic acids is 3. The Kier molecular flexibility index (Phi) is 24.8. The van der Waals surface area contributed by atoms with Crippen molar-refractivity contribution in [3.05, 3.63) is 79.9 Å². The molecule has 0 bridgehead atoms. The van der Waals surface area contributed by atoms with Crippen molar-refractivity contribution >= 4 is 23.9 Å². The normalized spacial score (nSPS) is 9.42. The summed E-state index contributed by atoms with van der Waals surface area (Å²) in [6.45, 7) is 22.1. The van der Waals surface area contributed by atoms with Crippen molar-refractivity contribution in [3.8, 4) is 0 Å². The van der Waals surface area contributed by atoms with Gasteiger partial charge in [-0.1, -0.05) is 62.7 Å². The van der Waals surface area contributed by atoms with Gasteiger partial charge in [0.25, 0.3) is 0 Å². The van der Waals surface area contributed by atoms with Crippen LogP contribution in [0.5, 0.6) is 0 Å². The quantitative estimate of drug-likeness (QED) is 0.301. The molecule has 0 unspecified atom stereocenters. The zero-order valence-electron chi connectivity index (χ0n) is 23.0. The molecule has 36 heavy (non-hydrogen) atoms. The van der Waals surface area contributed by atoms with E-state index in [9.17, 15) is 14.4 Å². The summed E-state index contributed by atoms with van der Waals surface area (Å²) in [6, 6.07) is 10.0. The second kappa shape index (κ2) is 22.3. The van der Waals surface area contributed by atoms with E-state index in [1.165, 1.54) is 5.56 Å². The fraction of sp³-hybridized carbons (Fsp3) is 0.393. The van der Waals surface area contributed by atoms with Crippen molar-refractivity contribution < 1.29 is 40.7 Å². The summed E-state index contributed by atoms with van der Waals surface area (Å²) in [5, 5.41) is 0. The largest absolute Gasteiger partial charge is 1.00 e. The molecule has 204 valence electrons. The lowest BCUT2D eigenvalue weighted by atomic mass is 9.97. The van der Waals surface area contributed by atoms with Crippen molar-refractivity contribution in [2.24, 2.45) is 5.73 Å². The molecule has 1 aromatic carbocycles. The van der Waals surface area contributed by atoms with Crippen LogP contribution in [0.15, 0.2) is 74.4 Å². The van der Waals surface area contributed by atoms with Gasteiger partial charge in [0.1, 0.15) is 0 Å². The lowest BCUT2D eigenvalue weighted by molar-refractivity contribution is -0.920. The Morgan fingerprint density at radius 2 is 1.47 bits per heavy atom. The number of esters is 2. The van der Waals surface area contributed by atoms with Gasteiger partial charge in [-0.05, 0) is 39.3 Å². The maximum Gasteiger partial charge on any atom is 0.333 e. The Labute approximate surface area is 224 Å². The number of halogens is 1. The first kappa shape index (κ1) is 40.0. The molecule has 8 heteroatoms. The number of ether oxygens (including phenoxy) is 2. The monoisotopic (exact) mass is 524 g/mol. The third-order valence-corrected chi connectivity index (χ3v) is 4.80. The predicted octanol–water partition coefficient (Wildman–Crippen LogP) is 1.71. The maximum atomic E-state index is 11.2. The van der Waals surface area contributed by atoms with Crippen molar-refractivity contribution in [2.45, 2.75) is 39.7 Å². The van der Waals surface area contributed by atoms with Gasteiger partial charge in [0.2, 0.25) is 5.91 Å². The molecule has 0 aliphatic heterocycles. The summed E-state index contributed by atoms with van der Waals surface area (Å²) in [5.41, 5.74) is 6.26. The summed E-state index contributed by atoms with van der Waals surface area (Å²) in [7, 11) is 6.42. The van der Waals surface area contributed by atoms with E-state index in [1.807, 2.05) is 36.4 Å². The number of amides is 1. The SMILES string of the molecule is C=C(C)C(=O)OCCC(C)(C)[N+](C)(C)C.C=CC(=O)OCC.C=CC(N)=O.C=Cc1ccccc1.[Cl-]. The molecular formula is C28H45ClN2O5. The van der Waals surface area contributed by atoms with Gasteiger partial charge in [-0.25, -0.2) is 9.59 Å². The molecular weight excluding hydrogens is 480 g/mol. The second-order valence-corrected chi connectivity index (χ2v) is 8.67. The van der Waals surface area contributed by atoms with E-state index in [0.717, 1.165) is 23.1 Å². The first-order chi connectivity index (χ1) is 16.1. The molecule has 0 fully saturated rings. The van der Waals surface area contributed by atoms with Crippen LogP contribution in [0.25, 0.3) is 6.08 Å². The average molecular weight is 525 g/mol. The van der Waals surface area contributed by atoms with Gasteiger partial charge < -0.3 is 32.1 Å². The molecule has 0 radical (unpaired) electrons. The molecule has 0 atom stereocenters. The van der Waals surface area contributed by atoms with E-state index < -0.39 is 5.91 Å². The van der Waals surface area contributed by atoms with Crippen molar-refractivity contribution in [1.82, 2.24) is 0 Å². The summed E-state index contributed by atoms with van der Waals surface area (Å²) >= 11 is 0. The first-order valence-electron chi connectivity index (χ1n) is 11.1. The number of nitrogens with two attached hydrogens (primary N) is 1. The van der Waals surface area contributed by atoms with Crippen LogP contribution in [0.2, 0.25) is 0 Å². The number of nitrogens with zero attached hydrogens (tertiary/aromatic N) is 1. The highest BCUT2D eigenvalue weighted by Crippen LogP contribution is 2.21. The molecule has 2 N–H and O–H groups in total. The lowest BCUT2D eigenvalue weighted by Crippen LogP contribution is -3.00. The minimum atomic E-state index is -0.481. The molecule has 0 spiro atoms. The van der Waals surface area contributed by atoms with Crippen LogP contribution in [-0.2, 0) is 23.9 Å². The molecule has 7 nitrogen and oxygen atoms in total. The molecule has 0 aliphatic carbocycles. The van der Waals surface area contributed by atoms with Crippen LogP contribution in [0.4, 0.5) is 0 Å². The van der Waals surface area contributed by atoms with Gasteiger partial charge in [0, 0.05) is 18.1 Å². The summed E-state index contributed by atoms with van der Waals surface area (Å²) < 4.78 is 10.4. The Morgan fingerprint density at radius 3 is 1.72 bits per heavy atom. The lowest BCUT2D eigenvalue weighted by Gasteiger charge is -2.41. The van der Waals surface area contributed by atoms with Crippen LogP contribution in [0, 0.1) is 0 Å². The molecule has 0 saturated heterocycles. The van der Waals surface area contributed by atoms with Crippen LogP contribution in [0.3, 0.4) is 0 Å². The second-order valence-electron chi connectivity index (χ2n) is 8.67. The molecule has 1 amide bonds. The third kappa shape index (κ3) is 24.0. The van der Waals surface area contributed by atoms with Gasteiger partial charge >= 0.3 is 11.9 Å². The van der Waals surface area contributed by atoms with Crippen LogP contribution in [0.1, 0.15) is 39.7 Å². The van der Waals surface area contributed by atoms with E-state index in [-0.39, 0.29) is 29.9 Å². The topological polar surface area (TPSA) is 95.7 Å². The standard InChI is InChI=1S/C12H24NO2.C8H8.C5H8O2.C3H5NO.ClH/c1-10(2)11(14)15-9-8-12(3,4)13(5,6)7;1-2-8-6-4-3-5-7-8;1-3-5(6)7-4-2;1-2-3(4)5;/h1,8-9H2,2-7H3;2-7H,1H2;3H,1,4H2,2H3;2H,1H2,(H2,4,5);1H/q+1;;;;/p-1. The van der Waals surface area contributed by atoms with E-state index in [2.05, 4.69) is 71.8 Å². The molecule has 0 aliphatic rings. The Balaban J connectivity index is -0.000000206. The first-order valence-corrected chi connectivity index (χ1v) is 11.1. The molecule has 1 aromatic rings. The fourth-order valence-electron chi connectivity index (χ4n) is 1.64. The number of hydrogen-bond acceptors (Lipinski definition) is 5. The Hall–Kier alpha value is -3.16. The van der Waals surface area contributed by atoms with E-state index in [1.54, 1.807) is 13.8 Å². The highest BCUT2D eigenvalue weighted by molar-refractivity contribution is 5.86. The molecule has 0 aromatic heterocycles. The number of primary amides is 1. The van der Waals surface area contributed by atoms with E-state index in [4.69, 9.17) is 4.74 Å². The highest BCUT2D eigenvalue weighted by atomic mass is 35.5. The summed E-state index contributed by atoms with van der Waals surface area (Å²) in [6.07, 6.45) is 4.87. The number of rotatable bonds is 9. The van der Waals surface area contributed by atoms with E-state index >= 15 is 0 Å². The van der Waals surface area contributed by atoms with Gasteiger partial charge in [0.15, 0.2) is 0 Å². The smallest absolute Gasteiger partial charge is 0.333 e. The van der Waals surface area contributed by atoms with Gasteiger partial charge in [0.05, 0.1) is 39.9 Å². The number of quaternary nitrogens is 1. The minimum absolute atomic E-state index is 0. The van der Waals surface area contributed by atoms with Gasteiger partial charge in [-0.2, -0.15) is 0 Å². The Morgan fingerprint density at radius 1 is 1.00 bits per heavy atom. The predicted molar refractivity (Wildman–Crippen MR) is 145 cm³/mol. The van der Waals surface area contributed by atoms with Crippen LogP contribution in [-0.4, -0.2) is 62.2 Å². The number of hydrogen-bond donors (Lipinski definition) is 1. The van der Waals surface area contributed by atoms with Crippen molar-refractivity contribution in [1.29, 1.82) is 0 Å². The van der Waals surface area contributed by atoms with Crippen LogP contribution < -0.4 is 18.1 Å². The minimum Gasteiger partial charge on any atom is -1.00 e. The van der Waals surface area contributed by atoms with Gasteiger partial charge in [-0.15, -0.1) is 0 Å².